The molecule has 4 N–H and O–H groups in total. The molecule has 216 valence electrons. The average Bonchev–Trinajstić information content (AvgIpc) is 3.60. The number of aromatic nitrogens is 4. The third-order valence-electron chi connectivity index (χ3n) is 5.94. The summed E-state index contributed by atoms with van der Waals surface area (Å²) in [6.07, 6.45) is -4.00. The summed E-state index contributed by atoms with van der Waals surface area (Å²) in [7, 11) is 0. The number of urea groups is 1. The molecule has 0 atom stereocenters. The number of carbonyl (C=O) groups is 2. The second-order valence-corrected chi connectivity index (χ2v) is 8.76. The van der Waals surface area contributed by atoms with E-state index in [1.807, 2.05) is 5.32 Å². The lowest BCUT2D eigenvalue weighted by atomic mass is 10.2. The van der Waals surface area contributed by atoms with Crippen LogP contribution in [0.4, 0.5) is 38.7 Å². The van der Waals surface area contributed by atoms with Gasteiger partial charge < -0.3 is 24.6 Å². The molecular weight excluding hydrogens is 556 g/mol. The van der Waals surface area contributed by atoms with Crippen molar-refractivity contribution in [2.45, 2.75) is 6.18 Å². The van der Waals surface area contributed by atoms with Crippen LogP contribution in [-0.2, 0) is 10.9 Å². The summed E-state index contributed by atoms with van der Waals surface area (Å²) in [5.41, 5.74) is -1.26. The van der Waals surface area contributed by atoms with Gasteiger partial charge in [-0.25, -0.2) is 19.0 Å². The Labute approximate surface area is 228 Å². The first-order valence-electron chi connectivity index (χ1n) is 12.2. The summed E-state index contributed by atoms with van der Waals surface area (Å²) < 4.78 is 68.6. The molecule has 1 fully saturated rings. The zero-order valence-corrected chi connectivity index (χ0v) is 21.0. The highest BCUT2D eigenvalue weighted by Gasteiger charge is 2.31. The highest BCUT2D eigenvalue weighted by atomic mass is 19.4. The maximum absolute atomic E-state index is 14.0. The fourth-order valence-electron chi connectivity index (χ4n) is 3.91. The number of alkyl halides is 3. The fraction of sp³-hybridized carbons (Fsp3) is 0.292. The Bertz CT molecular complexity index is 1550. The van der Waals surface area contributed by atoms with E-state index in [0.29, 0.717) is 49.9 Å². The van der Waals surface area contributed by atoms with E-state index in [1.165, 1.54) is 18.3 Å². The van der Waals surface area contributed by atoms with Crippen molar-refractivity contribution < 1.29 is 41.1 Å². The van der Waals surface area contributed by atoms with E-state index in [9.17, 15) is 27.2 Å². The van der Waals surface area contributed by atoms with Crippen LogP contribution >= 0.6 is 0 Å². The Morgan fingerprint density at radius 1 is 1.10 bits per heavy atom. The van der Waals surface area contributed by atoms with Gasteiger partial charge in [0.1, 0.15) is 17.3 Å². The van der Waals surface area contributed by atoms with E-state index < -0.39 is 35.4 Å². The first-order chi connectivity index (χ1) is 19.7. The largest absolute Gasteiger partial charge is 0.416 e. The van der Waals surface area contributed by atoms with Gasteiger partial charge in [-0.3, -0.25) is 15.3 Å². The zero-order valence-electron chi connectivity index (χ0n) is 21.0. The molecular formula is C24H22F4N8O5. The minimum Gasteiger partial charge on any atom is -0.409 e. The van der Waals surface area contributed by atoms with Crippen LogP contribution in [0, 0.1) is 5.82 Å². The second-order valence-electron chi connectivity index (χ2n) is 8.76. The molecule has 41 heavy (non-hydrogen) atoms. The fourth-order valence-corrected chi connectivity index (χ4v) is 3.91. The number of benzene rings is 1. The van der Waals surface area contributed by atoms with E-state index in [4.69, 9.17) is 14.0 Å². The second kappa shape index (κ2) is 11.8. The Hall–Kier alpha value is -4.77. The van der Waals surface area contributed by atoms with Crippen LogP contribution in [0.3, 0.4) is 0 Å². The number of morpholine rings is 1. The number of rotatable bonds is 7. The highest BCUT2D eigenvalue weighted by molar-refractivity contribution is 5.99. The molecule has 1 aliphatic heterocycles. The van der Waals surface area contributed by atoms with E-state index in [1.54, 1.807) is 0 Å². The van der Waals surface area contributed by atoms with Crippen LogP contribution in [0.15, 0.2) is 41.1 Å². The maximum atomic E-state index is 14.0. The Kier molecular flexibility index (Phi) is 7.97. The Balaban J connectivity index is 1.24. The summed E-state index contributed by atoms with van der Waals surface area (Å²) in [5.74, 6) is -1.17. The smallest absolute Gasteiger partial charge is 0.409 e. The van der Waals surface area contributed by atoms with Gasteiger partial charge in [0.2, 0.25) is 5.88 Å². The van der Waals surface area contributed by atoms with Gasteiger partial charge in [0.25, 0.3) is 0 Å². The molecule has 3 amide bonds. The molecule has 0 unspecified atom stereocenters. The van der Waals surface area contributed by atoms with Crippen molar-refractivity contribution in [1.29, 1.82) is 0 Å². The quantitative estimate of drug-likeness (QED) is 0.239. The van der Waals surface area contributed by atoms with Crippen LogP contribution in [-0.4, -0.2) is 76.8 Å². The Morgan fingerprint density at radius 2 is 1.90 bits per heavy atom. The molecule has 13 nitrogen and oxygen atoms in total. The van der Waals surface area contributed by atoms with Gasteiger partial charge in [-0.1, -0.05) is 5.16 Å². The predicted molar refractivity (Wildman–Crippen MR) is 135 cm³/mol. The van der Waals surface area contributed by atoms with Gasteiger partial charge in [-0.15, -0.1) is 0 Å². The number of nitrogens with one attached hydrogen (secondary N) is 4. The summed E-state index contributed by atoms with van der Waals surface area (Å²) in [6, 6.07) is 3.20. The molecule has 1 aromatic carbocycles. The SMILES string of the molecule is O=C(Nc1cc(-c2cc(OC(=O)NCCN3CCOCC3)c3cn[nH]c3n2)no1)Nc1cc(C(F)(F)F)ccc1F. The number of aromatic amines is 1. The summed E-state index contributed by atoms with van der Waals surface area (Å²) in [5, 5.41) is 17.7. The zero-order chi connectivity index (χ0) is 29.0. The van der Waals surface area contributed by atoms with Gasteiger partial charge in [0.15, 0.2) is 5.65 Å². The predicted octanol–water partition coefficient (Wildman–Crippen LogP) is 3.84. The van der Waals surface area contributed by atoms with E-state index in [0.717, 1.165) is 13.1 Å². The van der Waals surface area contributed by atoms with Crippen LogP contribution in [0.5, 0.6) is 5.75 Å². The number of hydrogen-bond donors (Lipinski definition) is 4. The van der Waals surface area contributed by atoms with E-state index in [2.05, 4.69) is 35.9 Å². The van der Waals surface area contributed by atoms with Gasteiger partial charge in [-0.2, -0.15) is 18.3 Å². The van der Waals surface area contributed by atoms with E-state index in [-0.39, 0.29) is 28.7 Å². The van der Waals surface area contributed by atoms with Gasteiger partial charge >= 0.3 is 18.3 Å². The topological polar surface area (TPSA) is 160 Å². The molecule has 0 saturated carbocycles. The molecule has 0 aliphatic carbocycles. The molecule has 0 bridgehead atoms. The lowest BCUT2D eigenvalue weighted by Crippen LogP contribution is -2.41. The van der Waals surface area contributed by atoms with Crippen LogP contribution in [0.2, 0.25) is 0 Å². The molecule has 17 heteroatoms. The minimum absolute atomic E-state index is 0.111. The first kappa shape index (κ1) is 27.8. The standard InChI is InChI=1S/C24H22F4N8O5/c25-15-2-1-13(24(26,27)28)9-16(15)32-22(37)33-20-11-18(35-41-20)17-10-19(14-12-30-34-21(14)31-17)40-23(38)29-3-4-36-5-7-39-8-6-36/h1-2,9-12H,3-8H2,(H,29,38)(H,30,31,34)(H2,32,33,37). The maximum Gasteiger partial charge on any atom is 0.416 e. The highest BCUT2D eigenvalue weighted by Crippen LogP contribution is 2.32. The van der Waals surface area contributed by atoms with Crippen molar-refractivity contribution in [1.82, 2.24) is 30.6 Å². The van der Waals surface area contributed by atoms with Crippen LogP contribution in [0.25, 0.3) is 22.4 Å². The number of anilines is 2. The van der Waals surface area contributed by atoms with Gasteiger partial charge in [0.05, 0.1) is 41.7 Å². The first-order valence-corrected chi connectivity index (χ1v) is 12.2. The third kappa shape index (κ3) is 6.87. The molecule has 4 heterocycles. The number of halogens is 4. The summed E-state index contributed by atoms with van der Waals surface area (Å²) >= 11 is 0. The number of nitrogens with zero attached hydrogens (tertiary/aromatic N) is 4. The lowest BCUT2D eigenvalue weighted by molar-refractivity contribution is -0.137. The summed E-state index contributed by atoms with van der Waals surface area (Å²) in [6.45, 7) is 3.82. The monoisotopic (exact) mass is 578 g/mol. The number of pyridine rings is 1. The lowest BCUT2D eigenvalue weighted by Gasteiger charge is -2.26. The molecule has 1 saturated heterocycles. The number of fused-ring (bicyclic) bond motifs is 1. The number of hydrogen-bond acceptors (Lipinski definition) is 9. The van der Waals surface area contributed by atoms with Crippen LogP contribution in [0.1, 0.15) is 5.56 Å². The normalized spacial score (nSPS) is 14.1. The number of H-pyrrole nitrogens is 1. The van der Waals surface area contributed by atoms with Crippen molar-refractivity contribution in [3.8, 4) is 17.1 Å². The molecule has 0 radical (unpaired) electrons. The molecule has 0 spiro atoms. The van der Waals surface area contributed by atoms with Crippen molar-refractivity contribution >= 4 is 34.7 Å². The van der Waals surface area contributed by atoms with Gasteiger partial charge in [0, 0.05) is 38.3 Å². The van der Waals surface area contributed by atoms with Crippen molar-refractivity contribution in [2.24, 2.45) is 0 Å². The Morgan fingerprint density at radius 3 is 2.68 bits per heavy atom. The van der Waals surface area contributed by atoms with E-state index >= 15 is 0 Å². The average molecular weight is 578 g/mol. The van der Waals surface area contributed by atoms with Crippen LogP contribution < -0.4 is 20.7 Å². The molecule has 3 aromatic heterocycles. The van der Waals surface area contributed by atoms with Crippen molar-refractivity contribution in [2.75, 3.05) is 50.0 Å². The number of ether oxygens (including phenoxy) is 2. The molecule has 5 rings (SSSR count). The summed E-state index contributed by atoms with van der Waals surface area (Å²) in [4.78, 5) is 31.2. The van der Waals surface area contributed by atoms with Crippen molar-refractivity contribution in [3.05, 3.63) is 47.9 Å². The third-order valence-corrected chi connectivity index (χ3v) is 5.94. The number of carbonyl (C=O) groups excluding carboxylic acids is 2. The minimum atomic E-state index is -4.73. The van der Waals surface area contributed by atoms with Crippen molar-refractivity contribution in [3.63, 3.8) is 0 Å². The van der Waals surface area contributed by atoms with Gasteiger partial charge in [-0.05, 0) is 18.2 Å². The number of amides is 3. The molecule has 4 aromatic rings. The molecule has 1 aliphatic rings.